The monoisotopic (exact) mass is 411 g/mol. The van der Waals surface area contributed by atoms with Gasteiger partial charge in [0, 0.05) is 30.4 Å². The van der Waals surface area contributed by atoms with Crippen LogP contribution in [0.15, 0.2) is 53.3 Å². The number of piperidine rings is 1. The number of likely N-dealkylation sites (tertiary alicyclic amines) is 1. The highest BCUT2D eigenvalue weighted by molar-refractivity contribution is 5.94. The average molecular weight is 412 g/mol. The van der Waals surface area contributed by atoms with Crippen LogP contribution in [0, 0.1) is 5.41 Å². The Labute approximate surface area is 176 Å². The fourth-order valence-electron chi connectivity index (χ4n) is 4.94. The van der Waals surface area contributed by atoms with E-state index in [1.807, 2.05) is 58.0 Å². The predicted octanol–water partition coefficient (Wildman–Crippen LogP) is 3.18. The smallest absolute Gasteiger partial charge is 0.242 e. The van der Waals surface area contributed by atoms with Gasteiger partial charge in [0.15, 0.2) is 5.43 Å². The van der Waals surface area contributed by atoms with Gasteiger partial charge in [0.25, 0.3) is 0 Å². The Morgan fingerprint density at radius 3 is 2.07 bits per heavy atom. The Morgan fingerprint density at radius 1 is 0.931 bits per heavy atom. The van der Waals surface area contributed by atoms with Crippen molar-refractivity contribution in [2.75, 3.05) is 26.2 Å². The van der Waals surface area contributed by atoms with Gasteiger partial charge in [-0.3, -0.25) is 9.59 Å². The molecule has 152 valence electrons. The largest absolute Gasteiger partial charge is 0.341 e. The number of benzene rings is 2. The molecule has 0 radical (unpaired) electrons. The molecule has 2 aliphatic rings. The number of hydrogen-bond acceptors (Lipinski definition) is 3. The first kappa shape index (κ1) is 19.9. The van der Waals surface area contributed by atoms with Crippen LogP contribution in [-0.2, 0) is 11.3 Å². The van der Waals surface area contributed by atoms with Crippen LogP contribution in [0.3, 0.4) is 0 Å². The first-order valence-electron chi connectivity index (χ1n) is 10.2. The molecule has 2 aromatic carbocycles. The molecule has 3 aromatic rings. The molecule has 0 saturated carbocycles. The molecule has 1 amide bonds. The summed E-state index contributed by atoms with van der Waals surface area (Å²) in [5.41, 5.74) is 2.08. The van der Waals surface area contributed by atoms with Gasteiger partial charge in [-0.05, 0) is 55.5 Å². The first-order valence-corrected chi connectivity index (χ1v) is 10.2. The molecule has 1 aromatic heterocycles. The topological polar surface area (TPSA) is 54.3 Å². The lowest BCUT2D eigenvalue weighted by Crippen LogP contribution is -2.45. The third-order valence-corrected chi connectivity index (χ3v) is 6.68. The maximum atomic E-state index is 13.2. The molecule has 6 heteroatoms. The highest BCUT2D eigenvalue weighted by atomic mass is 35.5. The predicted molar refractivity (Wildman–Crippen MR) is 119 cm³/mol. The van der Waals surface area contributed by atoms with E-state index in [0.29, 0.717) is 16.2 Å². The standard InChI is InChI=1S/C23H25N3O2.ClH/c27-21(25-13-10-23(11-14-25)9-12-24-16-23)15-26-19-7-3-1-5-17(19)22(28)18-6-2-4-8-20(18)26;/h1-8,24H,9-16H2;1H. The number of aromatic nitrogens is 1. The Balaban J connectivity index is 0.00000205. The van der Waals surface area contributed by atoms with E-state index in [-0.39, 0.29) is 30.3 Å². The number of nitrogens with one attached hydrogen (secondary N) is 1. The van der Waals surface area contributed by atoms with Gasteiger partial charge in [-0.2, -0.15) is 0 Å². The number of rotatable bonds is 2. The number of para-hydroxylation sites is 2. The minimum atomic E-state index is 0. The van der Waals surface area contributed by atoms with Crippen molar-refractivity contribution in [3.8, 4) is 0 Å². The van der Waals surface area contributed by atoms with Crippen molar-refractivity contribution in [1.82, 2.24) is 14.8 Å². The van der Waals surface area contributed by atoms with Crippen molar-refractivity contribution in [2.45, 2.75) is 25.8 Å². The molecule has 5 nitrogen and oxygen atoms in total. The van der Waals surface area contributed by atoms with E-state index in [1.165, 1.54) is 6.42 Å². The lowest BCUT2D eigenvalue weighted by molar-refractivity contribution is -0.133. The lowest BCUT2D eigenvalue weighted by atomic mass is 9.78. The molecule has 1 spiro atoms. The van der Waals surface area contributed by atoms with Crippen LogP contribution < -0.4 is 10.7 Å². The van der Waals surface area contributed by atoms with E-state index < -0.39 is 0 Å². The molecule has 0 unspecified atom stereocenters. The van der Waals surface area contributed by atoms with Gasteiger partial charge < -0.3 is 14.8 Å². The van der Waals surface area contributed by atoms with Crippen LogP contribution in [0.2, 0.25) is 0 Å². The molecule has 0 aliphatic carbocycles. The lowest BCUT2D eigenvalue weighted by Gasteiger charge is -2.39. The van der Waals surface area contributed by atoms with Gasteiger partial charge in [0.05, 0.1) is 11.0 Å². The van der Waals surface area contributed by atoms with E-state index in [2.05, 4.69) is 5.32 Å². The number of fused-ring (bicyclic) bond motifs is 2. The van der Waals surface area contributed by atoms with Gasteiger partial charge >= 0.3 is 0 Å². The van der Waals surface area contributed by atoms with Gasteiger partial charge in [0.1, 0.15) is 6.54 Å². The molecule has 3 heterocycles. The van der Waals surface area contributed by atoms with Crippen molar-refractivity contribution >= 4 is 40.1 Å². The normalized spacial score (nSPS) is 18.3. The zero-order valence-corrected chi connectivity index (χ0v) is 17.2. The summed E-state index contributed by atoms with van der Waals surface area (Å²) in [4.78, 5) is 28.0. The first-order chi connectivity index (χ1) is 13.7. The third kappa shape index (κ3) is 3.43. The molecule has 0 bridgehead atoms. The van der Waals surface area contributed by atoms with Gasteiger partial charge in [-0.15, -0.1) is 12.4 Å². The summed E-state index contributed by atoms with van der Waals surface area (Å²) >= 11 is 0. The van der Waals surface area contributed by atoms with E-state index in [1.54, 1.807) is 0 Å². The summed E-state index contributed by atoms with van der Waals surface area (Å²) in [7, 11) is 0. The number of pyridine rings is 1. The van der Waals surface area contributed by atoms with Crippen molar-refractivity contribution in [3.05, 3.63) is 58.8 Å². The van der Waals surface area contributed by atoms with Gasteiger partial charge in [0.2, 0.25) is 5.91 Å². The summed E-state index contributed by atoms with van der Waals surface area (Å²) in [6.07, 6.45) is 3.39. The van der Waals surface area contributed by atoms with E-state index >= 15 is 0 Å². The SMILES string of the molecule is Cl.O=C(Cn1c2ccccc2c(=O)c2ccccc21)N1CCC2(CCNC2)CC1. The van der Waals surface area contributed by atoms with E-state index in [0.717, 1.165) is 50.1 Å². The minimum Gasteiger partial charge on any atom is -0.341 e. The molecular formula is C23H26ClN3O2. The molecule has 0 atom stereocenters. The third-order valence-electron chi connectivity index (χ3n) is 6.68. The van der Waals surface area contributed by atoms with Crippen molar-refractivity contribution in [2.24, 2.45) is 5.41 Å². The van der Waals surface area contributed by atoms with Crippen molar-refractivity contribution in [1.29, 1.82) is 0 Å². The van der Waals surface area contributed by atoms with Crippen molar-refractivity contribution in [3.63, 3.8) is 0 Å². The van der Waals surface area contributed by atoms with E-state index in [4.69, 9.17) is 0 Å². The van der Waals surface area contributed by atoms with Crippen LogP contribution in [0.25, 0.3) is 21.8 Å². The zero-order valence-electron chi connectivity index (χ0n) is 16.4. The minimum absolute atomic E-state index is 0. The van der Waals surface area contributed by atoms with Crippen molar-refractivity contribution < 1.29 is 4.79 Å². The summed E-state index contributed by atoms with van der Waals surface area (Å²) in [5, 5.41) is 4.82. The zero-order chi connectivity index (χ0) is 19.1. The van der Waals surface area contributed by atoms with Crippen LogP contribution in [0.5, 0.6) is 0 Å². The highest BCUT2D eigenvalue weighted by Crippen LogP contribution is 2.37. The fraction of sp³-hybridized carbons (Fsp3) is 0.391. The maximum absolute atomic E-state index is 13.2. The second-order valence-electron chi connectivity index (χ2n) is 8.26. The summed E-state index contributed by atoms with van der Waals surface area (Å²) in [6.45, 7) is 4.12. The number of nitrogens with zero attached hydrogens (tertiary/aromatic N) is 2. The van der Waals surface area contributed by atoms with Crippen LogP contribution in [0.1, 0.15) is 19.3 Å². The summed E-state index contributed by atoms with van der Waals surface area (Å²) in [5.74, 6) is 0.139. The van der Waals surface area contributed by atoms with Crippen LogP contribution in [-0.4, -0.2) is 41.6 Å². The molecule has 5 rings (SSSR count). The van der Waals surface area contributed by atoms with Gasteiger partial charge in [-0.25, -0.2) is 0 Å². The number of hydrogen-bond donors (Lipinski definition) is 1. The number of amides is 1. The second kappa shape index (κ2) is 7.81. The van der Waals surface area contributed by atoms with Crippen LogP contribution in [0.4, 0.5) is 0 Å². The van der Waals surface area contributed by atoms with Crippen LogP contribution >= 0.6 is 12.4 Å². The molecule has 2 saturated heterocycles. The Bertz CT molecular complexity index is 1050. The molecule has 29 heavy (non-hydrogen) atoms. The molecule has 2 fully saturated rings. The molecular weight excluding hydrogens is 386 g/mol. The van der Waals surface area contributed by atoms with E-state index in [9.17, 15) is 9.59 Å². The highest BCUT2D eigenvalue weighted by Gasteiger charge is 2.38. The fourth-order valence-corrected chi connectivity index (χ4v) is 4.94. The van der Waals surface area contributed by atoms with Gasteiger partial charge in [-0.1, -0.05) is 24.3 Å². The maximum Gasteiger partial charge on any atom is 0.242 e. The molecule has 1 N–H and O–H groups in total. The Kier molecular flexibility index (Phi) is 5.36. The molecule has 2 aliphatic heterocycles. The number of halogens is 1. The Morgan fingerprint density at radius 2 is 1.52 bits per heavy atom. The number of carbonyl (C=O) groups is 1. The summed E-state index contributed by atoms with van der Waals surface area (Å²) < 4.78 is 2.01. The quantitative estimate of drug-likeness (QED) is 0.659. The Hall–Kier alpha value is -2.37. The second-order valence-corrected chi connectivity index (χ2v) is 8.26. The summed E-state index contributed by atoms with van der Waals surface area (Å²) in [6, 6.07) is 15.2. The number of carbonyl (C=O) groups excluding carboxylic acids is 1. The average Bonchev–Trinajstić information content (AvgIpc) is 3.19.